The molecule has 3 heterocycles. The van der Waals surface area contributed by atoms with Crippen LogP contribution in [0.25, 0.3) is 11.2 Å². The van der Waals surface area contributed by atoms with Gasteiger partial charge in [0.1, 0.15) is 17.2 Å². The summed E-state index contributed by atoms with van der Waals surface area (Å²) in [4.78, 5) is 23.2. The topological polar surface area (TPSA) is 63.1 Å². The predicted molar refractivity (Wildman–Crippen MR) is 92.9 cm³/mol. The molecule has 128 valence electrons. The standard InChI is InChI=1S/C18H18FN5O/c1-23-16(22-15-6-3-8-20-17(15)23)12-7-9-24(11-12)18(25)21-14-5-2-4-13(19)10-14/h2-6,8,10,12H,7,9,11H2,1H3,(H,21,25). The first kappa shape index (κ1) is 15.6. The number of aromatic nitrogens is 3. The highest BCUT2D eigenvalue weighted by molar-refractivity contribution is 5.89. The van der Waals surface area contributed by atoms with E-state index in [9.17, 15) is 9.18 Å². The Morgan fingerprint density at radius 2 is 2.20 bits per heavy atom. The van der Waals surface area contributed by atoms with Crippen LogP contribution in [-0.4, -0.2) is 38.6 Å². The molecule has 1 aliphatic rings. The number of aryl methyl sites for hydroxylation is 1. The van der Waals surface area contributed by atoms with E-state index in [2.05, 4.69) is 15.3 Å². The van der Waals surface area contributed by atoms with Crippen molar-refractivity contribution in [2.24, 2.45) is 7.05 Å². The Bertz CT molecular complexity index is 938. The highest BCUT2D eigenvalue weighted by Gasteiger charge is 2.30. The van der Waals surface area contributed by atoms with Crippen LogP contribution in [0.5, 0.6) is 0 Å². The number of likely N-dealkylation sites (tertiary alicyclic amines) is 1. The lowest BCUT2D eigenvalue weighted by molar-refractivity contribution is 0.222. The molecule has 1 atom stereocenters. The van der Waals surface area contributed by atoms with Crippen LogP contribution in [0.4, 0.5) is 14.9 Å². The third-order valence-electron chi connectivity index (χ3n) is 4.58. The summed E-state index contributed by atoms with van der Waals surface area (Å²) in [5, 5.41) is 2.75. The molecule has 0 bridgehead atoms. The first-order valence-corrected chi connectivity index (χ1v) is 8.20. The number of amides is 2. The zero-order chi connectivity index (χ0) is 17.4. The van der Waals surface area contributed by atoms with Crippen molar-refractivity contribution in [2.45, 2.75) is 12.3 Å². The van der Waals surface area contributed by atoms with Gasteiger partial charge in [0.15, 0.2) is 5.65 Å². The molecule has 4 rings (SSSR count). The Hall–Kier alpha value is -2.96. The van der Waals surface area contributed by atoms with E-state index in [1.54, 1.807) is 23.2 Å². The van der Waals surface area contributed by atoms with E-state index in [1.165, 1.54) is 12.1 Å². The van der Waals surface area contributed by atoms with E-state index in [0.29, 0.717) is 18.8 Å². The number of hydrogen-bond donors (Lipinski definition) is 1. The highest BCUT2D eigenvalue weighted by atomic mass is 19.1. The number of halogens is 1. The Labute approximate surface area is 144 Å². The van der Waals surface area contributed by atoms with Crippen molar-refractivity contribution >= 4 is 22.9 Å². The number of anilines is 1. The van der Waals surface area contributed by atoms with Gasteiger partial charge >= 0.3 is 6.03 Å². The van der Waals surface area contributed by atoms with E-state index in [4.69, 9.17) is 0 Å². The van der Waals surface area contributed by atoms with Crippen molar-refractivity contribution < 1.29 is 9.18 Å². The minimum absolute atomic E-state index is 0.164. The number of carbonyl (C=O) groups is 1. The number of pyridine rings is 1. The predicted octanol–water partition coefficient (Wildman–Crippen LogP) is 3.13. The summed E-state index contributed by atoms with van der Waals surface area (Å²) in [5.41, 5.74) is 2.17. The molecule has 1 N–H and O–H groups in total. The molecule has 7 heteroatoms. The summed E-state index contributed by atoms with van der Waals surface area (Å²) in [6, 6.07) is 9.49. The number of hydrogen-bond acceptors (Lipinski definition) is 3. The van der Waals surface area contributed by atoms with Crippen molar-refractivity contribution in [3.63, 3.8) is 0 Å². The number of benzene rings is 1. The van der Waals surface area contributed by atoms with Gasteiger partial charge in [-0.15, -0.1) is 0 Å². The van der Waals surface area contributed by atoms with Gasteiger partial charge in [0.25, 0.3) is 0 Å². The largest absolute Gasteiger partial charge is 0.324 e. The molecule has 1 unspecified atom stereocenters. The van der Waals surface area contributed by atoms with Crippen molar-refractivity contribution in [3.05, 3.63) is 54.2 Å². The maximum atomic E-state index is 13.2. The van der Waals surface area contributed by atoms with Crippen LogP contribution in [0.15, 0.2) is 42.6 Å². The van der Waals surface area contributed by atoms with E-state index >= 15 is 0 Å². The maximum Gasteiger partial charge on any atom is 0.321 e. The van der Waals surface area contributed by atoms with Crippen LogP contribution in [-0.2, 0) is 7.05 Å². The minimum atomic E-state index is -0.371. The second kappa shape index (κ2) is 6.16. The molecule has 2 aromatic heterocycles. The van der Waals surface area contributed by atoms with Gasteiger partial charge in [0, 0.05) is 37.9 Å². The smallest absolute Gasteiger partial charge is 0.321 e. The van der Waals surface area contributed by atoms with E-state index < -0.39 is 0 Å². The Morgan fingerprint density at radius 1 is 1.32 bits per heavy atom. The first-order valence-electron chi connectivity index (χ1n) is 8.20. The van der Waals surface area contributed by atoms with E-state index in [-0.39, 0.29) is 17.8 Å². The third-order valence-corrected chi connectivity index (χ3v) is 4.58. The quantitative estimate of drug-likeness (QED) is 0.780. The molecule has 0 aliphatic carbocycles. The van der Waals surface area contributed by atoms with Crippen molar-refractivity contribution in [3.8, 4) is 0 Å². The molecular formula is C18H18FN5O. The lowest BCUT2D eigenvalue weighted by Gasteiger charge is -2.17. The second-order valence-corrected chi connectivity index (χ2v) is 6.25. The normalized spacial score (nSPS) is 17.2. The van der Waals surface area contributed by atoms with Crippen LogP contribution >= 0.6 is 0 Å². The molecule has 2 amide bonds. The SMILES string of the molecule is Cn1c(C2CCN(C(=O)Nc3cccc(F)c3)C2)nc2cccnc21. The zero-order valence-corrected chi connectivity index (χ0v) is 13.8. The van der Waals surface area contributed by atoms with Gasteiger partial charge in [-0.3, -0.25) is 0 Å². The van der Waals surface area contributed by atoms with E-state index in [1.807, 2.05) is 23.7 Å². The molecule has 1 aromatic carbocycles. The first-order chi connectivity index (χ1) is 12.1. The zero-order valence-electron chi connectivity index (χ0n) is 13.8. The van der Waals surface area contributed by atoms with Gasteiger partial charge in [0.05, 0.1) is 0 Å². The summed E-state index contributed by atoms with van der Waals surface area (Å²) in [5.74, 6) is 0.733. The molecule has 0 radical (unpaired) electrons. The number of imidazole rings is 1. The third kappa shape index (κ3) is 2.93. The number of fused-ring (bicyclic) bond motifs is 1. The van der Waals surface area contributed by atoms with Gasteiger partial charge in [-0.05, 0) is 36.8 Å². The minimum Gasteiger partial charge on any atom is -0.324 e. The molecule has 1 aliphatic heterocycles. The highest BCUT2D eigenvalue weighted by Crippen LogP contribution is 2.28. The molecule has 0 spiro atoms. The summed E-state index contributed by atoms with van der Waals surface area (Å²) < 4.78 is 15.2. The van der Waals surface area contributed by atoms with Gasteiger partial charge in [-0.25, -0.2) is 19.2 Å². The fraction of sp³-hybridized carbons (Fsp3) is 0.278. The number of nitrogens with one attached hydrogen (secondary N) is 1. The Morgan fingerprint density at radius 3 is 3.00 bits per heavy atom. The fourth-order valence-electron chi connectivity index (χ4n) is 3.33. The van der Waals surface area contributed by atoms with E-state index in [0.717, 1.165) is 23.4 Å². The van der Waals surface area contributed by atoms with Crippen LogP contribution in [0, 0.1) is 5.82 Å². The summed E-state index contributed by atoms with van der Waals surface area (Å²) in [7, 11) is 1.95. The number of rotatable bonds is 2. The van der Waals surface area contributed by atoms with Crippen LogP contribution in [0.2, 0.25) is 0 Å². The van der Waals surface area contributed by atoms with Crippen molar-refractivity contribution in [2.75, 3.05) is 18.4 Å². The van der Waals surface area contributed by atoms with Gasteiger partial charge in [0.2, 0.25) is 0 Å². The molecule has 1 saturated heterocycles. The lowest BCUT2D eigenvalue weighted by atomic mass is 10.1. The summed E-state index contributed by atoms with van der Waals surface area (Å²) in [6.07, 6.45) is 2.59. The summed E-state index contributed by atoms with van der Waals surface area (Å²) in [6.45, 7) is 1.22. The van der Waals surface area contributed by atoms with Crippen LogP contribution in [0.3, 0.4) is 0 Å². The molecule has 1 fully saturated rings. The lowest BCUT2D eigenvalue weighted by Crippen LogP contribution is -2.33. The van der Waals surface area contributed by atoms with Crippen molar-refractivity contribution in [1.82, 2.24) is 19.4 Å². The second-order valence-electron chi connectivity index (χ2n) is 6.25. The van der Waals surface area contributed by atoms with Crippen molar-refractivity contribution in [1.29, 1.82) is 0 Å². The van der Waals surface area contributed by atoms with Gasteiger partial charge in [-0.2, -0.15) is 0 Å². The average Bonchev–Trinajstić information content (AvgIpc) is 3.20. The molecule has 3 aromatic rings. The number of urea groups is 1. The molecular weight excluding hydrogens is 321 g/mol. The molecule has 6 nitrogen and oxygen atoms in total. The Balaban J connectivity index is 1.49. The Kier molecular flexibility index (Phi) is 3.83. The fourth-order valence-corrected chi connectivity index (χ4v) is 3.33. The van der Waals surface area contributed by atoms with Crippen LogP contribution < -0.4 is 5.32 Å². The van der Waals surface area contributed by atoms with Gasteiger partial charge < -0.3 is 14.8 Å². The molecule has 0 saturated carbocycles. The maximum absolute atomic E-state index is 13.2. The van der Waals surface area contributed by atoms with Gasteiger partial charge in [-0.1, -0.05) is 6.07 Å². The summed E-state index contributed by atoms with van der Waals surface area (Å²) >= 11 is 0. The van der Waals surface area contributed by atoms with Crippen LogP contribution in [0.1, 0.15) is 18.2 Å². The molecule has 25 heavy (non-hydrogen) atoms. The average molecular weight is 339 g/mol. The monoisotopic (exact) mass is 339 g/mol. The number of nitrogens with zero attached hydrogens (tertiary/aromatic N) is 4. The number of carbonyl (C=O) groups excluding carboxylic acids is 1.